The molecule has 0 atom stereocenters. The van der Waals surface area contributed by atoms with Gasteiger partial charge < -0.3 is 10.2 Å². The van der Waals surface area contributed by atoms with Crippen molar-refractivity contribution in [2.24, 2.45) is 0 Å². The van der Waals surface area contributed by atoms with Gasteiger partial charge in [0.1, 0.15) is 5.15 Å². The molecule has 5 heteroatoms. The van der Waals surface area contributed by atoms with Gasteiger partial charge in [-0.15, -0.1) is 0 Å². The summed E-state index contributed by atoms with van der Waals surface area (Å²) in [5.74, 6) is 0. The fourth-order valence-corrected chi connectivity index (χ4v) is 1.70. The maximum Gasteiger partial charge on any atom is 0.321 e. The Balaban J connectivity index is 1.94. The van der Waals surface area contributed by atoms with Crippen molar-refractivity contribution >= 4 is 23.3 Å². The molecule has 2 rings (SSSR count). The van der Waals surface area contributed by atoms with E-state index in [4.69, 9.17) is 11.6 Å². The Bertz CT molecular complexity index is 542. The van der Waals surface area contributed by atoms with Gasteiger partial charge in [0.15, 0.2) is 0 Å². The van der Waals surface area contributed by atoms with E-state index in [9.17, 15) is 4.79 Å². The highest BCUT2D eigenvalue weighted by Crippen LogP contribution is 2.09. The standard InChI is InChI=1S/C14H14ClN3O/c1-18(10-11-7-8-13(15)16-9-11)14(19)17-12-5-3-2-4-6-12/h2-9H,10H2,1H3,(H,17,19). The average molecular weight is 276 g/mol. The number of hydrogen-bond donors (Lipinski definition) is 1. The van der Waals surface area contributed by atoms with E-state index in [0.717, 1.165) is 11.3 Å². The second kappa shape index (κ2) is 6.20. The first-order valence-corrected chi connectivity index (χ1v) is 6.20. The number of amides is 2. The van der Waals surface area contributed by atoms with E-state index in [0.29, 0.717) is 11.7 Å². The van der Waals surface area contributed by atoms with Crippen molar-refractivity contribution in [2.45, 2.75) is 6.54 Å². The molecule has 4 nitrogen and oxygen atoms in total. The number of carbonyl (C=O) groups is 1. The van der Waals surface area contributed by atoms with Gasteiger partial charge in [-0.25, -0.2) is 9.78 Å². The summed E-state index contributed by atoms with van der Waals surface area (Å²) in [7, 11) is 1.73. The molecule has 0 saturated carbocycles. The molecule has 0 unspecified atom stereocenters. The monoisotopic (exact) mass is 275 g/mol. The van der Waals surface area contributed by atoms with Crippen LogP contribution in [0.25, 0.3) is 0 Å². The Morgan fingerprint density at radius 3 is 2.63 bits per heavy atom. The number of carbonyl (C=O) groups excluding carboxylic acids is 1. The second-order valence-electron chi connectivity index (χ2n) is 4.14. The number of nitrogens with one attached hydrogen (secondary N) is 1. The minimum Gasteiger partial charge on any atom is -0.323 e. The normalized spacial score (nSPS) is 10.0. The summed E-state index contributed by atoms with van der Waals surface area (Å²) >= 11 is 5.71. The lowest BCUT2D eigenvalue weighted by Crippen LogP contribution is -2.30. The minimum atomic E-state index is -0.166. The molecule has 0 aliphatic rings. The summed E-state index contributed by atoms with van der Waals surface area (Å²) < 4.78 is 0. The zero-order chi connectivity index (χ0) is 13.7. The molecule has 0 radical (unpaired) electrons. The highest BCUT2D eigenvalue weighted by Gasteiger charge is 2.09. The summed E-state index contributed by atoms with van der Waals surface area (Å²) in [6.45, 7) is 0.475. The van der Waals surface area contributed by atoms with Gasteiger partial charge in [0.25, 0.3) is 0 Å². The Labute approximate surface area is 117 Å². The highest BCUT2D eigenvalue weighted by atomic mass is 35.5. The molecule has 0 spiro atoms. The van der Waals surface area contributed by atoms with Crippen LogP contribution in [-0.2, 0) is 6.54 Å². The highest BCUT2D eigenvalue weighted by molar-refractivity contribution is 6.29. The van der Waals surface area contributed by atoms with Crippen molar-refractivity contribution < 1.29 is 4.79 Å². The third kappa shape index (κ3) is 3.96. The van der Waals surface area contributed by atoms with Crippen molar-refractivity contribution in [1.82, 2.24) is 9.88 Å². The van der Waals surface area contributed by atoms with Gasteiger partial charge in [-0.1, -0.05) is 35.9 Å². The van der Waals surface area contributed by atoms with Gasteiger partial charge in [-0.3, -0.25) is 0 Å². The Hall–Kier alpha value is -2.07. The van der Waals surface area contributed by atoms with Crippen molar-refractivity contribution in [2.75, 3.05) is 12.4 Å². The van der Waals surface area contributed by atoms with Crippen LogP contribution < -0.4 is 5.32 Å². The topological polar surface area (TPSA) is 45.2 Å². The quantitative estimate of drug-likeness (QED) is 0.873. The SMILES string of the molecule is CN(Cc1ccc(Cl)nc1)C(=O)Nc1ccccc1. The predicted octanol–water partition coefficient (Wildman–Crippen LogP) is 3.40. The average Bonchev–Trinajstić information content (AvgIpc) is 2.42. The van der Waals surface area contributed by atoms with E-state index in [1.165, 1.54) is 0 Å². The number of hydrogen-bond acceptors (Lipinski definition) is 2. The van der Waals surface area contributed by atoms with Crippen LogP contribution >= 0.6 is 11.6 Å². The third-order valence-electron chi connectivity index (χ3n) is 2.58. The lowest BCUT2D eigenvalue weighted by atomic mass is 10.3. The third-order valence-corrected chi connectivity index (χ3v) is 2.80. The molecule has 1 heterocycles. The first kappa shape index (κ1) is 13.4. The van der Waals surface area contributed by atoms with E-state index in [2.05, 4.69) is 10.3 Å². The smallest absolute Gasteiger partial charge is 0.321 e. The van der Waals surface area contributed by atoms with Crippen molar-refractivity contribution in [3.8, 4) is 0 Å². The molecule has 0 bridgehead atoms. The van der Waals surface area contributed by atoms with Crippen LogP contribution in [0.15, 0.2) is 48.7 Å². The zero-order valence-electron chi connectivity index (χ0n) is 10.5. The lowest BCUT2D eigenvalue weighted by molar-refractivity contribution is 0.220. The van der Waals surface area contributed by atoms with E-state index in [1.807, 2.05) is 36.4 Å². The van der Waals surface area contributed by atoms with Crippen LogP contribution in [0.3, 0.4) is 0 Å². The van der Waals surface area contributed by atoms with Gasteiger partial charge in [0.05, 0.1) is 0 Å². The fourth-order valence-electron chi connectivity index (χ4n) is 1.59. The maximum atomic E-state index is 12.0. The van der Waals surface area contributed by atoms with Crippen LogP contribution in [0.1, 0.15) is 5.56 Å². The van der Waals surface area contributed by atoms with E-state index >= 15 is 0 Å². The molecule has 98 valence electrons. The van der Waals surface area contributed by atoms with Crippen molar-refractivity contribution in [3.05, 3.63) is 59.4 Å². The van der Waals surface area contributed by atoms with E-state index in [1.54, 1.807) is 24.2 Å². The number of halogens is 1. The molecule has 0 aliphatic carbocycles. The summed E-state index contributed by atoms with van der Waals surface area (Å²) in [6, 6.07) is 12.7. The molecule has 2 amide bonds. The molecule has 1 aromatic heterocycles. The van der Waals surface area contributed by atoms with Crippen LogP contribution in [0, 0.1) is 0 Å². The summed E-state index contributed by atoms with van der Waals surface area (Å²) in [4.78, 5) is 17.5. The van der Waals surface area contributed by atoms with E-state index < -0.39 is 0 Å². The fraction of sp³-hybridized carbons (Fsp3) is 0.143. The van der Waals surface area contributed by atoms with Crippen LogP contribution in [0.4, 0.5) is 10.5 Å². The molecule has 1 N–H and O–H groups in total. The first-order chi connectivity index (χ1) is 9.15. The molecule has 2 aromatic rings. The van der Waals surface area contributed by atoms with Crippen LogP contribution in [0.5, 0.6) is 0 Å². The molecule has 1 aromatic carbocycles. The maximum absolute atomic E-state index is 12.0. The van der Waals surface area contributed by atoms with Crippen LogP contribution in [0.2, 0.25) is 5.15 Å². The molecular formula is C14H14ClN3O. The number of urea groups is 1. The van der Waals surface area contributed by atoms with Gasteiger partial charge >= 0.3 is 6.03 Å². The summed E-state index contributed by atoms with van der Waals surface area (Å²) in [6.07, 6.45) is 1.66. The largest absolute Gasteiger partial charge is 0.323 e. The number of aromatic nitrogens is 1. The second-order valence-corrected chi connectivity index (χ2v) is 4.53. The van der Waals surface area contributed by atoms with Gasteiger partial charge in [-0.2, -0.15) is 0 Å². The van der Waals surface area contributed by atoms with Gasteiger partial charge in [-0.05, 0) is 23.8 Å². The van der Waals surface area contributed by atoms with Gasteiger partial charge in [0, 0.05) is 25.5 Å². The molecule has 0 fully saturated rings. The van der Waals surface area contributed by atoms with Crippen LogP contribution in [-0.4, -0.2) is 23.0 Å². The number of nitrogens with zero attached hydrogens (tertiary/aromatic N) is 2. The zero-order valence-corrected chi connectivity index (χ0v) is 11.3. The minimum absolute atomic E-state index is 0.166. The number of anilines is 1. The molecule has 0 saturated heterocycles. The lowest BCUT2D eigenvalue weighted by Gasteiger charge is -2.17. The first-order valence-electron chi connectivity index (χ1n) is 5.83. The Morgan fingerprint density at radius 1 is 1.26 bits per heavy atom. The Kier molecular flexibility index (Phi) is 4.36. The van der Waals surface area contributed by atoms with Crippen molar-refractivity contribution in [3.63, 3.8) is 0 Å². The molecule has 0 aliphatic heterocycles. The molecule has 19 heavy (non-hydrogen) atoms. The Morgan fingerprint density at radius 2 is 2.00 bits per heavy atom. The molecular weight excluding hydrogens is 262 g/mol. The number of para-hydroxylation sites is 1. The number of pyridine rings is 1. The van der Waals surface area contributed by atoms with E-state index in [-0.39, 0.29) is 6.03 Å². The van der Waals surface area contributed by atoms with Gasteiger partial charge in [0.2, 0.25) is 0 Å². The predicted molar refractivity (Wildman–Crippen MR) is 76.2 cm³/mol. The van der Waals surface area contributed by atoms with Crippen molar-refractivity contribution in [1.29, 1.82) is 0 Å². The summed E-state index contributed by atoms with van der Waals surface area (Å²) in [5.41, 5.74) is 1.70. The number of rotatable bonds is 3. The summed E-state index contributed by atoms with van der Waals surface area (Å²) in [5, 5.41) is 3.26. The number of benzene rings is 1.